The molecule has 2 aromatic carbocycles. The lowest BCUT2D eigenvalue weighted by molar-refractivity contribution is -0.704. The summed E-state index contributed by atoms with van der Waals surface area (Å²) in [7, 11) is 0. The molecule has 0 saturated heterocycles. The number of aromatic amines is 1. The van der Waals surface area contributed by atoms with Crippen molar-refractivity contribution in [3.05, 3.63) is 69.5 Å². The maximum Gasteiger partial charge on any atom is 0.442 e. The van der Waals surface area contributed by atoms with Crippen LogP contribution < -0.4 is 15.6 Å². The van der Waals surface area contributed by atoms with Crippen LogP contribution in [0.4, 0.5) is 5.69 Å². The normalized spacial score (nSPS) is 10.6. The quantitative estimate of drug-likeness (QED) is 0.530. The predicted octanol–water partition coefficient (Wildman–Crippen LogP) is 2.94. The monoisotopic (exact) mass is 376 g/mol. The van der Waals surface area contributed by atoms with E-state index < -0.39 is 5.63 Å². The summed E-state index contributed by atoms with van der Waals surface area (Å²) in [5.74, 6) is -0.189. The average molecular weight is 377 g/mol. The molecule has 25 heavy (non-hydrogen) atoms. The van der Waals surface area contributed by atoms with Crippen LogP contribution in [0.15, 0.2) is 62.9 Å². The first-order chi connectivity index (χ1) is 12.0. The van der Waals surface area contributed by atoms with Gasteiger partial charge in [-0.05, 0) is 46.3 Å². The first-order valence-corrected chi connectivity index (χ1v) is 8.78. The Hall–Kier alpha value is -2.51. The van der Waals surface area contributed by atoms with Gasteiger partial charge in [0, 0.05) is 22.8 Å². The Morgan fingerprint density at radius 2 is 2.04 bits per heavy atom. The van der Waals surface area contributed by atoms with E-state index in [-0.39, 0.29) is 11.7 Å². The summed E-state index contributed by atoms with van der Waals surface area (Å²) in [5, 5.41) is 6.17. The summed E-state index contributed by atoms with van der Waals surface area (Å²) in [5.41, 5.74) is 1.75. The second kappa shape index (κ2) is 7.58. The number of rotatable bonds is 5. The molecule has 8 heteroatoms. The van der Waals surface area contributed by atoms with Crippen LogP contribution in [0.25, 0.3) is 5.69 Å². The molecule has 0 atom stereocenters. The molecule has 3 aromatic rings. The van der Waals surface area contributed by atoms with Gasteiger partial charge in [-0.25, -0.2) is 4.79 Å². The van der Waals surface area contributed by atoms with Gasteiger partial charge in [0.1, 0.15) is 0 Å². The summed E-state index contributed by atoms with van der Waals surface area (Å²) >= 11 is 7.14. The highest BCUT2D eigenvalue weighted by Gasteiger charge is 2.24. The number of carbonyl (C=O) groups is 1. The van der Waals surface area contributed by atoms with Gasteiger partial charge in [0.15, 0.2) is 0 Å². The third-order valence-electron chi connectivity index (χ3n) is 3.42. The number of aryl methyl sites for hydroxylation is 1. The number of H-pyrrole nitrogens is 1. The largest absolute Gasteiger partial charge is 0.442 e. The van der Waals surface area contributed by atoms with Crippen molar-refractivity contribution >= 4 is 35.0 Å². The molecule has 0 aliphatic rings. The lowest BCUT2D eigenvalue weighted by atomic mass is 10.2. The summed E-state index contributed by atoms with van der Waals surface area (Å²) in [6.07, 6.45) is 0. The highest BCUT2D eigenvalue weighted by atomic mass is 35.5. The van der Waals surface area contributed by atoms with Crippen LogP contribution in [0.5, 0.6) is 0 Å². The van der Waals surface area contributed by atoms with Crippen LogP contribution >= 0.6 is 23.4 Å². The molecule has 0 aliphatic carbocycles. The van der Waals surface area contributed by atoms with Gasteiger partial charge in [-0.3, -0.25) is 9.32 Å². The third kappa shape index (κ3) is 4.12. The summed E-state index contributed by atoms with van der Waals surface area (Å²) in [4.78, 5) is 24.0. The number of halogens is 1. The van der Waals surface area contributed by atoms with Crippen LogP contribution in [-0.2, 0) is 4.79 Å². The molecule has 0 saturated carbocycles. The molecular weight excluding hydrogens is 362 g/mol. The lowest BCUT2D eigenvalue weighted by Crippen LogP contribution is -2.36. The Bertz CT molecular complexity index is 953. The van der Waals surface area contributed by atoms with Crippen LogP contribution in [0.2, 0.25) is 5.02 Å². The van der Waals surface area contributed by atoms with E-state index in [2.05, 4.69) is 10.6 Å². The van der Waals surface area contributed by atoms with E-state index in [1.54, 1.807) is 12.1 Å². The molecule has 0 fully saturated rings. The van der Waals surface area contributed by atoms with Crippen LogP contribution in [-0.4, -0.2) is 16.9 Å². The Balaban J connectivity index is 1.69. The van der Waals surface area contributed by atoms with E-state index in [1.165, 1.54) is 4.68 Å². The number of nitrogens with one attached hydrogen (secondary N) is 2. The number of nitrogens with zero attached hydrogens (tertiary/aromatic N) is 1. The van der Waals surface area contributed by atoms with E-state index in [1.807, 2.05) is 43.3 Å². The smallest absolute Gasteiger partial charge is 0.325 e. The number of amides is 1. The number of benzene rings is 2. The molecule has 1 aromatic heterocycles. The maximum atomic E-state index is 12.1. The zero-order valence-electron chi connectivity index (χ0n) is 13.3. The van der Waals surface area contributed by atoms with Crippen LogP contribution in [0.3, 0.4) is 0 Å². The van der Waals surface area contributed by atoms with E-state index >= 15 is 0 Å². The highest BCUT2D eigenvalue weighted by molar-refractivity contribution is 7.99. The second-order valence-electron chi connectivity index (χ2n) is 5.26. The molecule has 128 valence electrons. The van der Waals surface area contributed by atoms with Gasteiger partial charge in [0.25, 0.3) is 0 Å². The molecule has 1 heterocycles. The van der Waals surface area contributed by atoms with Crippen LogP contribution in [0, 0.1) is 6.92 Å². The number of hydrogen-bond acceptors (Lipinski definition) is 4. The van der Waals surface area contributed by atoms with Gasteiger partial charge in [-0.2, -0.15) is 0 Å². The van der Waals surface area contributed by atoms with Crippen molar-refractivity contribution in [1.29, 1.82) is 0 Å². The van der Waals surface area contributed by atoms with Gasteiger partial charge >= 0.3 is 10.7 Å². The first-order valence-electron chi connectivity index (χ1n) is 7.42. The molecule has 6 nitrogen and oxygen atoms in total. The topological polar surface area (TPSA) is 79.0 Å². The van der Waals surface area contributed by atoms with Crippen molar-refractivity contribution in [3.8, 4) is 5.69 Å². The second-order valence-corrected chi connectivity index (χ2v) is 6.63. The minimum Gasteiger partial charge on any atom is -0.325 e. The number of carbonyl (C=O) groups excluding carboxylic acids is 1. The van der Waals surface area contributed by atoms with Gasteiger partial charge in [-0.1, -0.05) is 35.9 Å². The van der Waals surface area contributed by atoms with Crippen molar-refractivity contribution < 1.29 is 14.0 Å². The Morgan fingerprint density at radius 3 is 2.76 bits per heavy atom. The summed E-state index contributed by atoms with van der Waals surface area (Å²) in [6.45, 7) is 1.89. The first kappa shape index (κ1) is 17.3. The third-order valence-corrected chi connectivity index (χ3v) is 4.85. The maximum absolute atomic E-state index is 12.1. The molecule has 0 radical (unpaired) electrons. The van der Waals surface area contributed by atoms with E-state index in [4.69, 9.17) is 16.1 Å². The van der Waals surface area contributed by atoms with Crippen molar-refractivity contribution in [1.82, 2.24) is 5.27 Å². The van der Waals surface area contributed by atoms with Crippen LogP contribution in [0.1, 0.15) is 5.56 Å². The molecule has 0 spiro atoms. The zero-order chi connectivity index (χ0) is 17.8. The molecule has 1 amide bonds. The molecule has 3 rings (SSSR count). The van der Waals surface area contributed by atoms with E-state index in [9.17, 15) is 9.59 Å². The molecular formula is C17H15ClN3O3S+. The van der Waals surface area contributed by atoms with Gasteiger partial charge in [-0.15, -0.1) is 0 Å². The fourth-order valence-corrected chi connectivity index (χ4v) is 3.09. The Kier molecular flexibility index (Phi) is 5.25. The SMILES string of the molecule is Cc1ccc(NC(=O)CSc2c(=O)o[nH][n+]2-c2ccccc2)cc1Cl. The number of hydrogen-bond donors (Lipinski definition) is 2. The number of thioether (sulfide) groups is 1. The molecule has 0 bridgehead atoms. The van der Waals surface area contributed by atoms with Gasteiger partial charge in [0.05, 0.1) is 5.75 Å². The average Bonchev–Trinajstić information content (AvgIpc) is 2.98. The summed E-state index contributed by atoms with van der Waals surface area (Å²) in [6, 6.07) is 14.5. The van der Waals surface area contributed by atoms with Crippen molar-refractivity contribution in [2.45, 2.75) is 11.9 Å². The lowest BCUT2D eigenvalue weighted by Gasteiger charge is -2.05. The van der Waals surface area contributed by atoms with Crippen molar-refractivity contribution in [3.63, 3.8) is 0 Å². The number of anilines is 1. The fourth-order valence-electron chi connectivity index (χ4n) is 2.14. The van der Waals surface area contributed by atoms with E-state index in [0.717, 1.165) is 23.0 Å². The van der Waals surface area contributed by atoms with Gasteiger partial charge < -0.3 is 5.32 Å². The highest BCUT2D eigenvalue weighted by Crippen LogP contribution is 2.20. The minimum absolute atomic E-state index is 0.0565. The van der Waals surface area contributed by atoms with Crippen molar-refractivity contribution in [2.75, 3.05) is 11.1 Å². The Morgan fingerprint density at radius 1 is 1.28 bits per heavy atom. The standard InChI is InChI=1S/C17H14ClN3O3S/c1-11-7-8-12(9-14(11)18)19-15(22)10-25-16-17(23)24-20-21(16)13-5-3-2-4-6-13/h2-9H,10H2,1H3,(H-,19,20,22,23)/p+1. The fraction of sp³-hybridized carbons (Fsp3) is 0.118. The Labute approximate surface area is 152 Å². The molecule has 0 aliphatic heterocycles. The predicted molar refractivity (Wildman–Crippen MR) is 96.4 cm³/mol. The number of aromatic nitrogens is 2. The minimum atomic E-state index is -0.528. The molecule has 2 N–H and O–H groups in total. The molecule has 0 unspecified atom stereocenters. The van der Waals surface area contributed by atoms with Gasteiger partial charge in [0.2, 0.25) is 11.6 Å². The summed E-state index contributed by atoms with van der Waals surface area (Å²) < 4.78 is 6.34. The number of para-hydroxylation sites is 1. The van der Waals surface area contributed by atoms with E-state index in [0.29, 0.717) is 15.7 Å². The zero-order valence-corrected chi connectivity index (χ0v) is 14.9. The van der Waals surface area contributed by atoms with Crippen molar-refractivity contribution in [2.24, 2.45) is 0 Å².